The zero-order valence-electron chi connectivity index (χ0n) is 22.4. The lowest BCUT2D eigenvalue weighted by molar-refractivity contribution is -0.0266. The number of hydrogen-bond donors (Lipinski definition) is 3. The third-order valence-electron chi connectivity index (χ3n) is 8.53. The summed E-state index contributed by atoms with van der Waals surface area (Å²) in [7, 11) is -1.84. The number of aliphatic hydroxyl groups excluding tert-OH is 1. The van der Waals surface area contributed by atoms with E-state index in [4.69, 9.17) is 5.11 Å². The van der Waals surface area contributed by atoms with Crippen molar-refractivity contribution >= 4 is 44.6 Å². The standard InChI is InChI=1S/C27H34F2N6O4S/c1-33-9-4-18-14-22(30-24(23(18)33)35-16-27(28,29)17-35)31-25(37)20-3-2-19(32-40(38,39)13-12-36)15-21(20)34-10-7-26(5-6-26)8-11-34/h2-3,14-15,32,36H,4-13,16-17H2,1H3,(H,30,31,37). The summed E-state index contributed by atoms with van der Waals surface area (Å²) in [5.41, 5.74) is 3.46. The third-order valence-corrected chi connectivity index (χ3v) is 9.80. The van der Waals surface area contributed by atoms with Gasteiger partial charge in [-0.25, -0.2) is 22.2 Å². The summed E-state index contributed by atoms with van der Waals surface area (Å²) < 4.78 is 54.4. The van der Waals surface area contributed by atoms with Gasteiger partial charge in [-0.05, 0) is 67.3 Å². The smallest absolute Gasteiger partial charge is 0.282 e. The minimum absolute atomic E-state index is 0.290. The lowest BCUT2D eigenvalue weighted by atomic mass is 9.93. The van der Waals surface area contributed by atoms with Gasteiger partial charge in [-0.15, -0.1) is 0 Å². The molecule has 3 aliphatic heterocycles. The average Bonchev–Trinajstić information content (AvgIpc) is 3.53. The van der Waals surface area contributed by atoms with Gasteiger partial charge in [-0.1, -0.05) is 0 Å². The van der Waals surface area contributed by atoms with Gasteiger partial charge in [0.05, 0.1) is 48.1 Å². The summed E-state index contributed by atoms with van der Waals surface area (Å²) in [6, 6.07) is 6.57. The molecule has 1 saturated carbocycles. The number of rotatable bonds is 8. The Morgan fingerprint density at radius 3 is 2.45 bits per heavy atom. The van der Waals surface area contributed by atoms with Gasteiger partial charge in [0.15, 0.2) is 5.82 Å². The number of anilines is 5. The Morgan fingerprint density at radius 2 is 1.80 bits per heavy atom. The lowest BCUT2D eigenvalue weighted by Gasteiger charge is -2.41. The summed E-state index contributed by atoms with van der Waals surface area (Å²) >= 11 is 0. The van der Waals surface area contributed by atoms with Gasteiger partial charge in [0, 0.05) is 26.7 Å². The molecule has 40 heavy (non-hydrogen) atoms. The fraction of sp³-hybridized carbons (Fsp3) is 0.556. The minimum Gasteiger partial charge on any atom is -0.395 e. The molecule has 2 saturated heterocycles. The van der Waals surface area contributed by atoms with E-state index in [0.717, 1.165) is 50.1 Å². The van der Waals surface area contributed by atoms with E-state index < -0.39 is 47.3 Å². The predicted octanol–water partition coefficient (Wildman–Crippen LogP) is 2.90. The number of alkyl halides is 2. The zero-order chi connectivity index (χ0) is 28.3. The molecule has 3 fully saturated rings. The zero-order valence-corrected chi connectivity index (χ0v) is 23.2. The van der Waals surface area contributed by atoms with E-state index in [9.17, 15) is 22.0 Å². The van der Waals surface area contributed by atoms with Crippen LogP contribution >= 0.6 is 0 Å². The van der Waals surface area contributed by atoms with Crippen LogP contribution in [-0.4, -0.2) is 82.5 Å². The number of amides is 1. The quantitative estimate of drug-likeness (QED) is 0.439. The van der Waals surface area contributed by atoms with Gasteiger partial charge in [-0.2, -0.15) is 0 Å². The number of nitrogens with zero attached hydrogens (tertiary/aromatic N) is 4. The number of carbonyl (C=O) groups is 1. The van der Waals surface area contributed by atoms with Gasteiger partial charge in [-0.3, -0.25) is 9.52 Å². The fourth-order valence-corrected chi connectivity index (χ4v) is 6.84. The molecule has 1 aromatic carbocycles. The van der Waals surface area contributed by atoms with Crippen LogP contribution in [0.5, 0.6) is 0 Å². The van der Waals surface area contributed by atoms with Gasteiger partial charge in [0.2, 0.25) is 10.0 Å². The number of pyridine rings is 1. The molecular formula is C27H34F2N6O4S. The van der Waals surface area contributed by atoms with Crippen LogP contribution in [0.15, 0.2) is 24.3 Å². The summed E-state index contributed by atoms with van der Waals surface area (Å²) in [6.45, 7) is 0.920. The van der Waals surface area contributed by atoms with Gasteiger partial charge >= 0.3 is 0 Å². The van der Waals surface area contributed by atoms with Gasteiger partial charge in [0.25, 0.3) is 11.8 Å². The highest BCUT2D eigenvalue weighted by Gasteiger charge is 2.46. The summed E-state index contributed by atoms with van der Waals surface area (Å²) in [5, 5.41) is 12.0. The second-order valence-electron chi connectivity index (χ2n) is 11.5. The van der Waals surface area contributed by atoms with Crippen molar-refractivity contribution in [2.75, 3.05) is 76.9 Å². The van der Waals surface area contributed by atoms with Crippen molar-refractivity contribution in [3.63, 3.8) is 0 Å². The Kier molecular flexibility index (Phi) is 6.56. The summed E-state index contributed by atoms with van der Waals surface area (Å²) in [5.74, 6) is -2.86. The van der Waals surface area contributed by atoms with Crippen molar-refractivity contribution in [2.24, 2.45) is 5.41 Å². The summed E-state index contributed by atoms with van der Waals surface area (Å²) in [6.07, 6.45) is 5.19. The first kappa shape index (κ1) is 27.0. The van der Waals surface area contributed by atoms with Crippen LogP contribution in [0.4, 0.5) is 37.5 Å². The molecule has 216 valence electrons. The maximum absolute atomic E-state index is 13.7. The molecule has 0 bridgehead atoms. The molecule has 2 aromatic rings. The van der Waals surface area contributed by atoms with E-state index in [0.29, 0.717) is 34.0 Å². The normalized spacial score (nSPS) is 20.8. The molecule has 13 heteroatoms. The van der Waals surface area contributed by atoms with E-state index in [-0.39, 0.29) is 0 Å². The molecule has 0 radical (unpaired) electrons. The van der Waals surface area contributed by atoms with Crippen molar-refractivity contribution in [1.82, 2.24) is 4.98 Å². The highest BCUT2D eigenvalue weighted by Crippen LogP contribution is 2.54. The highest BCUT2D eigenvalue weighted by molar-refractivity contribution is 7.92. The fourth-order valence-electron chi connectivity index (χ4n) is 6.01. The molecule has 3 N–H and O–H groups in total. The molecule has 0 unspecified atom stereocenters. The van der Waals surface area contributed by atoms with Crippen LogP contribution in [0.2, 0.25) is 0 Å². The van der Waals surface area contributed by atoms with Crippen molar-refractivity contribution in [3.05, 3.63) is 35.4 Å². The molecule has 10 nitrogen and oxygen atoms in total. The number of aromatic nitrogens is 1. The highest BCUT2D eigenvalue weighted by atomic mass is 32.2. The molecule has 1 amide bonds. The number of likely N-dealkylation sites (N-methyl/N-ethyl adjacent to an activating group) is 1. The largest absolute Gasteiger partial charge is 0.395 e. The lowest BCUT2D eigenvalue weighted by Crippen LogP contribution is -2.57. The average molecular weight is 577 g/mol. The molecule has 0 atom stereocenters. The number of benzene rings is 1. The van der Waals surface area contributed by atoms with Crippen LogP contribution in [-0.2, 0) is 16.4 Å². The minimum atomic E-state index is -3.74. The second-order valence-corrected chi connectivity index (χ2v) is 13.4. The van der Waals surface area contributed by atoms with Gasteiger partial charge < -0.3 is 25.1 Å². The SMILES string of the molecule is CN1CCc2cc(NC(=O)c3ccc(NS(=O)(=O)CCO)cc3N3CCC4(CC3)CC4)nc(N3CC(F)(F)C3)c21. The van der Waals surface area contributed by atoms with Crippen LogP contribution in [0.25, 0.3) is 0 Å². The number of sulfonamides is 1. The van der Waals surface area contributed by atoms with Crippen LogP contribution in [0, 0.1) is 5.41 Å². The number of aliphatic hydroxyl groups is 1. The van der Waals surface area contributed by atoms with Crippen LogP contribution in [0.3, 0.4) is 0 Å². The number of carbonyl (C=O) groups excluding carboxylic acids is 1. The second kappa shape index (κ2) is 9.72. The number of halogens is 2. The maximum Gasteiger partial charge on any atom is 0.282 e. The van der Waals surface area contributed by atoms with E-state index in [1.807, 2.05) is 11.9 Å². The monoisotopic (exact) mass is 576 g/mol. The van der Waals surface area contributed by atoms with Crippen LogP contribution in [0.1, 0.15) is 41.6 Å². The van der Waals surface area contributed by atoms with Crippen molar-refractivity contribution in [1.29, 1.82) is 0 Å². The van der Waals surface area contributed by atoms with E-state index in [1.54, 1.807) is 18.2 Å². The first-order valence-corrected chi connectivity index (χ1v) is 15.3. The number of fused-ring (bicyclic) bond motifs is 1. The third kappa shape index (κ3) is 5.28. The molecule has 1 aromatic heterocycles. The van der Waals surface area contributed by atoms with Crippen molar-refractivity contribution in [2.45, 2.75) is 38.0 Å². The van der Waals surface area contributed by atoms with Gasteiger partial charge in [0.1, 0.15) is 5.82 Å². The molecule has 1 aliphatic carbocycles. The number of piperidine rings is 1. The Morgan fingerprint density at radius 1 is 1.07 bits per heavy atom. The Balaban J connectivity index is 1.29. The predicted molar refractivity (Wildman–Crippen MR) is 150 cm³/mol. The van der Waals surface area contributed by atoms with Crippen molar-refractivity contribution < 1.29 is 27.1 Å². The molecule has 6 rings (SSSR count). The Bertz CT molecular complexity index is 1430. The molecule has 1 spiro atoms. The Labute approximate surface area is 232 Å². The maximum atomic E-state index is 13.7. The first-order chi connectivity index (χ1) is 19.0. The molecule has 4 aliphatic rings. The number of nitrogens with one attached hydrogen (secondary N) is 2. The van der Waals surface area contributed by atoms with E-state index in [1.165, 1.54) is 23.8 Å². The van der Waals surface area contributed by atoms with E-state index in [2.05, 4.69) is 19.9 Å². The van der Waals surface area contributed by atoms with Crippen LogP contribution < -0.4 is 24.7 Å². The first-order valence-electron chi connectivity index (χ1n) is 13.7. The van der Waals surface area contributed by atoms with E-state index >= 15 is 0 Å². The molecular weight excluding hydrogens is 542 g/mol. The van der Waals surface area contributed by atoms with Crippen molar-refractivity contribution in [3.8, 4) is 0 Å². The Hall–Kier alpha value is -3.19. The topological polar surface area (TPSA) is 118 Å². The number of hydrogen-bond acceptors (Lipinski definition) is 8. The summed E-state index contributed by atoms with van der Waals surface area (Å²) in [4.78, 5) is 23.9. The molecule has 4 heterocycles.